The summed E-state index contributed by atoms with van der Waals surface area (Å²) in [5.74, 6) is 1.30. The van der Waals surface area contributed by atoms with Gasteiger partial charge in [0.25, 0.3) is 0 Å². The summed E-state index contributed by atoms with van der Waals surface area (Å²) in [6.07, 6.45) is 0.213. The Morgan fingerprint density at radius 1 is 0.963 bits per heavy atom. The third kappa shape index (κ3) is 7.21. The average Bonchev–Trinajstić information content (AvgIpc) is 2.63. The van der Waals surface area contributed by atoms with Gasteiger partial charge in [0.2, 0.25) is 10.0 Å². The van der Waals surface area contributed by atoms with Crippen molar-refractivity contribution < 1.29 is 23.0 Å². The Bertz CT molecular complexity index is 791. The van der Waals surface area contributed by atoms with Gasteiger partial charge in [0.15, 0.2) is 0 Å². The fourth-order valence-electron chi connectivity index (χ4n) is 2.55. The highest BCUT2D eigenvalue weighted by Crippen LogP contribution is 2.19. The molecule has 6 nitrogen and oxygen atoms in total. The molecule has 0 radical (unpaired) electrons. The Morgan fingerprint density at radius 2 is 1.52 bits per heavy atom. The molecule has 0 spiro atoms. The van der Waals surface area contributed by atoms with Crippen LogP contribution in [-0.2, 0) is 16.6 Å². The topological polar surface area (TPSA) is 76.1 Å². The maximum absolute atomic E-state index is 11.7. The zero-order valence-electron chi connectivity index (χ0n) is 15.9. The molecule has 2 rings (SSSR count). The van der Waals surface area contributed by atoms with Crippen molar-refractivity contribution in [1.29, 1.82) is 0 Å². The maximum atomic E-state index is 11.7. The molecule has 148 valence electrons. The first-order valence-electron chi connectivity index (χ1n) is 8.80. The van der Waals surface area contributed by atoms with E-state index in [0.717, 1.165) is 17.6 Å². The SMILES string of the molecule is CC(C)N(CC(O)COc1ccc(OCc2ccccc2)cc1)S(C)(=O)=O. The molecule has 7 heteroatoms. The minimum atomic E-state index is -3.38. The van der Waals surface area contributed by atoms with E-state index in [1.165, 1.54) is 4.31 Å². The lowest BCUT2D eigenvalue weighted by Crippen LogP contribution is -2.43. The number of hydrogen-bond acceptors (Lipinski definition) is 5. The van der Waals surface area contributed by atoms with Gasteiger partial charge < -0.3 is 14.6 Å². The first kappa shape index (κ1) is 21.2. The third-order valence-corrected chi connectivity index (χ3v) is 5.33. The summed E-state index contributed by atoms with van der Waals surface area (Å²) in [5.41, 5.74) is 1.08. The Hall–Kier alpha value is -2.09. The number of aliphatic hydroxyl groups is 1. The van der Waals surface area contributed by atoms with Crippen LogP contribution in [0.2, 0.25) is 0 Å². The summed E-state index contributed by atoms with van der Waals surface area (Å²) >= 11 is 0. The van der Waals surface area contributed by atoms with Gasteiger partial charge in [-0.25, -0.2) is 8.42 Å². The van der Waals surface area contributed by atoms with E-state index in [-0.39, 0.29) is 19.2 Å². The molecule has 1 N–H and O–H groups in total. The normalized spacial score (nSPS) is 13.0. The Morgan fingerprint density at radius 3 is 2.04 bits per heavy atom. The highest BCUT2D eigenvalue weighted by molar-refractivity contribution is 7.88. The largest absolute Gasteiger partial charge is 0.491 e. The van der Waals surface area contributed by atoms with Crippen LogP contribution in [0.5, 0.6) is 11.5 Å². The summed E-state index contributed by atoms with van der Waals surface area (Å²) in [5, 5.41) is 10.1. The molecule has 0 aliphatic carbocycles. The van der Waals surface area contributed by atoms with Crippen LogP contribution < -0.4 is 9.47 Å². The molecule has 0 aromatic heterocycles. The molecule has 0 fully saturated rings. The summed E-state index contributed by atoms with van der Waals surface area (Å²) < 4.78 is 36.0. The van der Waals surface area contributed by atoms with Gasteiger partial charge in [-0.1, -0.05) is 30.3 Å². The molecule has 0 amide bonds. The summed E-state index contributed by atoms with van der Waals surface area (Å²) in [4.78, 5) is 0. The van der Waals surface area contributed by atoms with Gasteiger partial charge >= 0.3 is 0 Å². The predicted octanol–water partition coefficient (Wildman–Crippen LogP) is 2.68. The van der Waals surface area contributed by atoms with E-state index >= 15 is 0 Å². The smallest absolute Gasteiger partial charge is 0.211 e. The molecule has 1 atom stereocenters. The zero-order chi connectivity index (χ0) is 19.9. The van der Waals surface area contributed by atoms with Crippen LogP contribution in [0.15, 0.2) is 54.6 Å². The standard InChI is InChI=1S/C20H27NO5S/c1-16(2)21(27(3,23)24)13-18(22)15-26-20-11-9-19(10-12-20)25-14-17-7-5-4-6-8-17/h4-12,16,18,22H,13-15H2,1-3H3. The van der Waals surface area contributed by atoms with Gasteiger partial charge in [-0.3, -0.25) is 0 Å². The van der Waals surface area contributed by atoms with Crippen LogP contribution in [0, 0.1) is 0 Å². The lowest BCUT2D eigenvalue weighted by Gasteiger charge is -2.26. The molecule has 0 aliphatic rings. The first-order chi connectivity index (χ1) is 12.8. The van der Waals surface area contributed by atoms with E-state index in [4.69, 9.17) is 9.47 Å². The van der Waals surface area contributed by atoms with Crippen molar-refractivity contribution in [2.45, 2.75) is 32.6 Å². The molecular weight excluding hydrogens is 366 g/mol. The van der Waals surface area contributed by atoms with Crippen LogP contribution in [0.1, 0.15) is 19.4 Å². The Balaban J connectivity index is 1.82. The fourth-order valence-corrected chi connectivity index (χ4v) is 3.76. The summed E-state index contributed by atoms with van der Waals surface area (Å²) in [6, 6.07) is 16.7. The summed E-state index contributed by atoms with van der Waals surface area (Å²) in [6.45, 7) is 4.01. The number of benzene rings is 2. The van der Waals surface area contributed by atoms with Crippen molar-refractivity contribution >= 4 is 10.0 Å². The number of rotatable bonds is 10. The van der Waals surface area contributed by atoms with Crippen molar-refractivity contribution in [3.63, 3.8) is 0 Å². The second kappa shape index (κ2) is 9.73. The lowest BCUT2D eigenvalue weighted by atomic mass is 10.2. The predicted molar refractivity (Wildman–Crippen MR) is 105 cm³/mol. The quantitative estimate of drug-likeness (QED) is 0.672. The van der Waals surface area contributed by atoms with Gasteiger partial charge in [-0.15, -0.1) is 0 Å². The zero-order valence-corrected chi connectivity index (χ0v) is 16.7. The molecule has 0 heterocycles. The minimum Gasteiger partial charge on any atom is -0.491 e. The van der Waals surface area contributed by atoms with Crippen LogP contribution in [0.3, 0.4) is 0 Å². The monoisotopic (exact) mass is 393 g/mol. The third-order valence-electron chi connectivity index (χ3n) is 3.91. The minimum absolute atomic E-state index is 0.00294. The number of aliphatic hydroxyl groups excluding tert-OH is 1. The average molecular weight is 394 g/mol. The van der Waals surface area contributed by atoms with Crippen molar-refractivity contribution in [3.8, 4) is 11.5 Å². The van der Waals surface area contributed by atoms with E-state index in [1.807, 2.05) is 30.3 Å². The van der Waals surface area contributed by atoms with E-state index < -0.39 is 16.1 Å². The van der Waals surface area contributed by atoms with E-state index in [2.05, 4.69) is 0 Å². The van der Waals surface area contributed by atoms with Crippen molar-refractivity contribution in [2.75, 3.05) is 19.4 Å². The van der Waals surface area contributed by atoms with Crippen LogP contribution in [0.4, 0.5) is 0 Å². The van der Waals surface area contributed by atoms with Crippen molar-refractivity contribution in [2.24, 2.45) is 0 Å². The molecule has 1 unspecified atom stereocenters. The number of nitrogens with zero attached hydrogens (tertiary/aromatic N) is 1. The molecule has 0 saturated carbocycles. The van der Waals surface area contributed by atoms with Crippen molar-refractivity contribution in [3.05, 3.63) is 60.2 Å². The van der Waals surface area contributed by atoms with Crippen molar-refractivity contribution in [1.82, 2.24) is 4.31 Å². The molecule has 0 saturated heterocycles. The van der Waals surface area contributed by atoms with Crippen LogP contribution >= 0.6 is 0 Å². The molecule has 2 aromatic rings. The Labute approximate surface area is 161 Å². The van der Waals surface area contributed by atoms with Gasteiger partial charge in [-0.05, 0) is 43.7 Å². The number of ether oxygens (including phenoxy) is 2. The molecule has 0 aliphatic heterocycles. The second-order valence-corrected chi connectivity index (χ2v) is 8.57. The highest BCUT2D eigenvalue weighted by atomic mass is 32.2. The number of sulfonamides is 1. The van der Waals surface area contributed by atoms with Gasteiger partial charge in [0, 0.05) is 12.6 Å². The second-order valence-electron chi connectivity index (χ2n) is 6.64. The maximum Gasteiger partial charge on any atom is 0.211 e. The first-order valence-corrected chi connectivity index (χ1v) is 10.6. The summed E-state index contributed by atoms with van der Waals surface area (Å²) in [7, 11) is -3.38. The highest BCUT2D eigenvalue weighted by Gasteiger charge is 2.23. The van der Waals surface area contributed by atoms with E-state index in [0.29, 0.717) is 12.4 Å². The number of hydrogen-bond donors (Lipinski definition) is 1. The van der Waals surface area contributed by atoms with Gasteiger partial charge in [-0.2, -0.15) is 4.31 Å². The van der Waals surface area contributed by atoms with Gasteiger partial charge in [0.1, 0.15) is 30.8 Å². The molecule has 27 heavy (non-hydrogen) atoms. The van der Waals surface area contributed by atoms with Gasteiger partial charge in [0.05, 0.1) is 6.26 Å². The van der Waals surface area contributed by atoms with E-state index in [1.54, 1.807) is 38.1 Å². The lowest BCUT2D eigenvalue weighted by molar-refractivity contribution is 0.0841. The van der Waals surface area contributed by atoms with Crippen LogP contribution in [-0.4, -0.2) is 49.4 Å². The fraction of sp³-hybridized carbons (Fsp3) is 0.400. The molecule has 0 bridgehead atoms. The van der Waals surface area contributed by atoms with Crippen LogP contribution in [0.25, 0.3) is 0 Å². The Kier molecular flexibility index (Phi) is 7.65. The molecular formula is C20H27NO5S. The molecule has 2 aromatic carbocycles. The van der Waals surface area contributed by atoms with E-state index in [9.17, 15) is 13.5 Å².